The van der Waals surface area contributed by atoms with Crippen LogP contribution in [0.2, 0.25) is 0 Å². The van der Waals surface area contributed by atoms with E-state index in [1.54, 1.807) is 7.11 Å². The minimum absolute atomic E-state index is 0.225. The molecule has 2 N–H and O–H groups in total. The van der Waals surface area contributed by atoms with Crippen molar-refractivity contribution in [3.63, 3.8) is 0 Å². The SMILES string of the molecule is COCCc1ccc(OC(C)CCCN)cc1. The van der Waals surface area contributed by atoms with E-state index < -0.39 is 0 Å². The van der Waals surface area contributed by atoms with Crippen molar-refractivity contribution in [1.82, 2.24) is 0 Å². The lowest BCUT2D eigenvalue weighted by atomic mass is 10.1. The first-order chi connectivity index (χ1) is 8.26. The van der Waals surface area contributed by atoms with E-state index in [1.807, 2.05) is 12.1 Å². The molecular formula is C14H23NO2. The summed E-state index contributed by atoms with van der Waals surface area (Å²) >= 11 is 0. The van der Waals surface area contributed by atoms with Gasteiger partial charge in [0.05, 0.1) is 12.7 Å². The fourth-order valence-corrected chi connectivity index (χ4v) is 1.65. The van der Waals surface area contributed by atoms with Crippen LogP contribution in [0.15, 0.2) is 24.3 Å². The molecule has 3 nitrogen and oxygen atoms in total. The van der Waals surface area contributed by atoms with Gasteiger partial charge in [-0.15, -0.1) is 0 Å². The van der Waals surface area contributed by atoms with Crippen LogP contribution < -0.4 is 10.5 Å². The van der Waals surface area contributed by atoms with Crippen molar-refractivity contribution in [3.8, 4) is 5.75 Å². The maximum Gasteiger partial charge on any atom is 0.119 e. The van der Waals surface area contributed by atoms with Crippen LogP contribution in [0.25, 0.3) is 0 Å². The zero-order valence-electron chi connectivity index (χ0n) is 10.8. The van der Waals surface area contributed by atoms with Crippen molar-refractivity contribution in [2.24, 2.45) is 5.73 Å². The minimum Gasteiger partial charge on any atom is -0.491 e. The molecule has 96 valence electrons. The molecule has 0 amide bonds. The highest BCUT2D eigenvalue weighted by Crippen LogP contribution is 2.15. The summed E-state index contributed by atoms with van der Waals surface area (Å²) < 4.78 is 10.8. The van der Waals surface area contributed by atoms with Crippen LogP contribution in [0.3, 0.4) is 0 Å². The first-order valence-electron chi connectivity index (χ1n) is 6.21. The van der Waals surface area contributed by atoms with Crippen LogP contribution in [0, 0.1) is 0 Å². The predicted molar refractivity (Wildman–Crippen MR) is 70.4 cm³/mol. The molecule has 17 heavy (non-hydrogen) atoms. The zero-order valence-corrected chi connectivity index (χ0v) is 10.8. The Morgan fingerprint density at radius 2 is 1.94 bits per heavy atom. The molecule has 1 atom stereocenters. The summed E-state index contributed by atoms with van der Waals surface area (Å²) in [4.78, 5) is 0. The zero-order chi connectivity index (χ0) is 12.5. The van der Waals surface area contributed by atoms with Gasteiger partial charge in [0, 0.05) is 7.11 Å². The smallest absolute Gasteiger partial charge is 0.119 e. The van der Waals surface area contributed by atoms with Gasteiger partial charge in [0.2, 0.25) is 0 Å². The molecule has 0 aliphatic carbocycles. The molecule has 0 radical (unpaired) electrons. The number of methoxy groups -OCH3 is 1. The average Bonchev–Trinajstić information content (AvgIpc) is 2.35. The first-order valence-corrected chi connectivity index (χ1v) is 6.21. The van der Waals surface area contributed by atoms with E-state index in [1.165, 1.54) is 5.56 Å². The average molecular weight is 237 g/mol. The van der Waals surface area contributed by atoms with Crippen LogP contribution in [0.4, 0.5) is 0 Å². The number of rotatable bonds is 8. The summed E-state index contributed by atoms with van der Waals surface area (Å²) in [5.41, 5.74) is 6.74. The third-order valence-electron chi connectivity index (χ3n) is 2.67. The molecule has 0 aliphatic heterocycles. The molecule has 3 heteroatoms. The molecule has 0 spiro atoms. The van der Waals surface area contributed by atoms with Gasteiger partial charge in [0.25, 0.3) is 0 Å². The van der Waals surface area contributed by atoms with Crippen LogP contribution in [-0.4, -0.2) is 26.4 Å². The van der Waals surface area contributed by atoms with Crippen LogP contribution in [0.1, 0.15) is 25.3 Å². The van der Waals surface area contributed by atoms with E-state index in [2.05, 4.69) is 19.1 Å². The maximum absolute atomic E-state index is 5.79. The molecule has 1 aromatic carbocycles. The summed E-state index contributed by atoms with van der Waals surface area (Å²) in [6.07, 6.45) is 3.18. The lowest BCUT2D eigenvalue weighted by Gasteiger charge is -2.14. The number of hydrogen-bond acceptors (Lipinski definition) is 3. The number of nitrogens with two attached hydrogens (primary N) is 1. The second-order valence-corrected chi connectivity index (χ2v) is 4.25. The highest BCUT2D eigenvalue weighted by Gasteiger charge is 2.03. The lowest BCUT2D eigenvalue weighted by molar-refractivity contribution is 0.201. The largest absolute Gasteiger partial charge is 0.491 e. The quantitative estimate of drug-likeness (QED) is 0.755. The Hall–Kier alpha value is -1.06. The molecule has 0 aromatic heterocycles. The van der Waals surface area contributed by atoms with Gasteiger partial charge < -0.3 is 15.2 Å². The molecule has 0 aliphatic rings. The lowest BCUT2D eigenvalue weighted by Crippen LogP contribution is -2.13. The van der Waals surface area contributed by atoms with Gasteiger partial charge in [-0.05, 0) is 50.4 Å². The Labute approximate surface area is 104 Å². The predicted octanol–water partition coefficient (Wildman–Crippen LogP) is 2.38. The van der Waals surface area contributed by atoms with Crippen molar-refractivity contribution in [2.45, 2.75) is 32.3 Å². The fourth-order valence-electron chi connectivity index (χ4n) is 1.65. The van der Waals surface area contributed by atoms with Crippen molar-refractivity contribution in [3.05, 3.63) is 29.8 Å². The van der Waals surface area contributed by atoms with Crippen LogP contribution >= 0.6 is 0 Å². The van der Waals surface area contributed by atoms with Gasteiger partial charge in [-0.2, -0.15) is 0 Å². The van der Waals surface area contributed by atoms with E-state index >= 15 is 0 Å². The number of ether oxygens (including phenoxy) is 2. The summed E-state index contributed by atoms with van der Waals surface area (Å²) in [5.74, 6) is 0.927. The molecule has 1 aromatic rings. The molecular weight excluding hydrogens is 214 g/mol. The fraction of sp³-hybridized carbons (Fsp3) is 0.571. The maximum atomic E-state index is 5.79. The molecule has 0 saturated heterocycles. The second kappa shape index (κ2) is 8.09. The van der Waals surface area contributed by atoms with Crippen molar-refractivity contribution >= 4 is 0 Å². The highest BCUT2D eigenvalue weighted by molar-refractivity contribution is 5.27. The molecule has 1 unspecified atom stereocenters. The monoisotopic (exact) mass is 237 g/mol. The molecule has 1 rings (SSSR count). The summed E-state index contributed by atoms with van der Waals surface area (Å²) in [6, 6.07) is 8.21. The molecule has 0 fully saturated rings. The Bertz CT molecular complexity index is 298. The van der Waals surface area contributed by atoms with Crippen molar-refractivity contribution < 1.29 is 9.47 Å². The topological polar surface area (TPSA) is 44.5 Å². The second-order valence-electron chi connectivity index (χ2n) is 4.25. The van der Waals surface area contributed by atoms with Gasteiger partial charge in [0.1, 0.15) is 5.75 Å². The van der Waals surface area contributed by atoms with E-state index in [0.29, 0.717) is 0 Å². The Morgan fingerprint density at radius 3 is 2.53 bits per heavy atom. The van der Waals surface area contributed by atoms with Crippen molar-refractivity contribution in [2.75, 3.05) is 20.3 Å². The Kier molecular flexibility index (Phi) is 6.67. The third-order valence-corrected chi connectivity index (χ3v) is 2.67. The summed E-state index contributed by atoms with van der Waals surface area (Å²) in [7, 11) is 1.72. The van der Waals surface area contributed by atoms with Gasteiger partial charge in [-0.1, -0.05) is 12.1 Å². The molecule has 0 bridgehead atoms. The summed E-state index contributed by atoms with van der Waals surface area (Å²) in [5, 5.41) is 0. The van der Waals surface area contributed by atoms with Crippen LogP contribution in [-0.2, 0) is 11.2 Å². The first kappa shape index (κ1) is 14.0. The molecule has 0 saturated carbocycles. The Morgan fingerprint density at radius 1 is 1.24 bits per heavy atom. The van der Waals surface area contributed by atoms with E-state index in [-0.39, 0.29) is 6.10 Å². The van der Waals surface area contributed by atoms with Crippen LogP contribution in [0.5, 0.6) is 5.75 Å². The van der Waals surface area contributed by atoms with Gasteiger partial charge in [-0.3, -0.25) is 0 Å². The number of benzene rings is 1. The van der Waals surface area contributed by atoms with Gasteiger partial charge in [-0.25, -0.2) is 0 Å². The minimum atomic E-state index is 0.225. The van der Waals surface area contributed by atoms with E-state index in [9.17, 15) is 0 Å². The normalized spacial score (nSPS) is 12.4. The van der Waals surface area contributed by atoms with Crippen molar-refractivity contribution in [1.29, 1.82) is 0 Å². The van der Waals surface area contributed by atoms with E-state index in [0.717, 1.165) is 38.2 Å². The van der Waals surface area contributed by atoms with Gasteiger partial charge in [0.15, 0.2) is 0 Å². The standard InChI is InChI=1S/C14H23NO2/c1-12(4-3-10-15)17-14-7-5-13(6-8-14)9-11-16-2/h5-8,12H,3-4,9-11,15H2,1-2H3. The number of hydrogen-bond donors (Lipinski definition) is 1. The Balaban J connectivity index is 2.39. The highest BCUT2D eigenvalue weighted by atomic mass is 16.5. The molecule has 0 heterocycles. The van der Waals surface area contributed by atoms with E-state index in [4.69, 9.17) is 15.2 Å². The van der Waals surface area contributed by atoms with Gasteiger partial charge >= 0.3 is 0 Å². The summed E-state index contributed by atoms with van der Waals surface area (Å²) in [6.45, 7) is 3.56. The third kappa shape index (κ3) is 5.71.